The number of carbonyl (C=O) groups is 2. The zero-order chi connectivity index (χ0) is 17.8. The second-order valence-corrected chi connectivity index (χ2v) is 5.48. The molecule has 0 atom stereocenters. The molecule has 0 spiro atoms. The van der Waals surface area contributed by atoms with E-state index in [2.05, 4.69) is 10.5 Å². The zero-order valence-corrected chi connectivity index (χ0v) is 13.5. The van der Waals surface area contributed by atoms with Crippen molar-refractivity contribution in [3.63, 3.8) is 0 Å². The summed E-state index contributed by atoms with van der Waals surface area (Å²) in [5.41, 5.74) is 4.15. The number of fused-ring (bicyclic) bond motifs is 1. The maximum absolute atomic E-state index is 13.5. The number of hydrazone groups is 1. The summed E-state index contributed by atoms with van der Waals surface area (Å²) in [6.45, 7) is 1.29. The van der Waals surface area contributed by atoms with Gasteiger partial charge >= 0.3 is 0 Å². The Kier molecular flexibility index (Phi) is 4.74. The minimum absolute atomic E-state index is 0.196. The highest BCUT2D eigenvalue weighted by molar-refractivity contribution is 6.03. The molecule has 3 rings (SSSR count). The van der Waals surface area contributed by atoms with E-state index in [0.29, 0.717) is 11.5 Å². The smallest absolute Gasteiger partial charge is 0.265 e. The number of benzene rings is 2. The van der Waals surface area contributed by atoms with Crippen LogP contribution in [0.15, 0.2) is 53.6 Å². The fraction of sp³-hybridized carbons (Fsp3) is 0.167. The number of ether oxygens (including phenoxy) is 1. The van der Waals surface area contributed by atoms with E-state index in [1.165, 1.54) is 17.0 Å². The molecule has 0 radical (unpaired) electrons. The van der Waals surface area contributed by atoms with Gasteiger partial charge in [-0.25, -0.2) is 9.82 Å². The van der Waals surface area contributed by atoms with Gasteiger partial charge in [-0.1, -0.05) is 30.3 Å². The average molecular weight is 341 g/mol. The lowest BCUT2D eigenvalue weighted by Crippen LogP contribution is -2.44. The highest BCUT2D eigenvalue weighted by Crippen LogP contribution is 2.32. The number of carbonyl (C=O) groups excluding carboxylic acids is 2. The van der Waals surface area contributed by atoms with Gasteiger partial charge in [0.25, 0.3) is 11.8 Å². The molecule has 0 fully saturated rings. The monoisotopic (exact) mass is 341 g/mol. The lowest BCUT2D eigenvalue weighted by Gasteiger charge is -2.28. The van der Waals surface area contributed by atoms with E-state index in [-0.39, 0.29) is 18.8 Å². The van der Waals surface area contributed by atoms with Crippen LogP contribution in [0.2, 0.25) is 0 Å². The molecule has 25 heavy (non-hydrogen) atoms. The molecule has 1 aliphatic heterocycles. The largest absolute Gasteiger partial charge is 0.482 e. The fourth-order valence-corrected chi connectivity index (χ4v) is 2.42. The van der Waals surface area contributed by atoms with Gasteiger partial charge in [0.05, 0.1) is 11.4 Å². The van der Waals surface area contributed by atoms with Crippen LogP contribution < -0.4 is 15.1 Å². The lowest BCUT2D eigenvalue weighted by molar-refractivity contribution is -0.125. The van der Waals surface area contributed by atoms with Crippen molar-refractivity contribution >= 4 is 23.2 Å². The molecule has 2 aromatic carbocycles. The van der Waals surface area contributed by atoms with Crippen molar-refractivity contribution in [3.8, 4) is 5.75 Å². The van der Waals surface area contributed by atoms with Crippen molar-refractivity contribution in [2.75, 3.05) is 18.1 Å². The standard InChI is InChI=1S/C18H16FN3O3/c1-12(13-5-3-2-4-6-13)20-21-17(23)10-22-15-9-14(19)7-8-16(15)25-11-18(22)24/h2-9H,10-11H2,1H3,(H,21,23)/b20-12+. The van der Waals surface area contributed by atoms with Gasteiger partial charge < -0.3 is 4.74 Å². The maximum Gasteiger partial charge on any atom is 0.265 e. The molecule has 7 heteroatoms. The van der Waals surface area contributed by atoms with Crippen LogP contribution in [0.4, 0.5) is 10.1 Å². The molecule has 1 aliphatic rings. The predicted octanol–water partition coefficient (Wildman–Crippen LogP) is 2.09. The van der Waals surface area contributed by atoms with Crippen LogP contribution >= 0.6 is 0 Å². The first-order chi connectivity index (χ1) is 12.0. The van der Waals surface area contributed by atoms with Crippen molar-refractivity contribution in [1.82, 2.24) is 5.43 Å². The first kappa shape index (κ1) is 16.6. The molecule has 0 unspecified atom stereocenters. The molecule has 0 saturated carbocycles. The third kappa shape index (κ3) is 3.82. The number of rotatable bonds is 4. The van der Waals surface area contributed by atoms with Gasteiger partial charge in [-0.15, -0.1) is 0 Å². The predicted molar refractivity (Wildman–Crippen MR) is 91.0 cm³/mol. The van der Waals surface area contributed by atoms with Crippen LogP contribution in [0.1, 0.15) is 12.5 Å². The Morgan fingerprint density at radius 2 is 2.04 bits per heavy atom. The molecular weight excluding hydrogens is 325 g/mol. The zero-order valence-electron chi connectivity index (χ0n) is 13.5. The van der Waals surface area contributed by atoms with E-state index in [0.717, 1.165) is 11.6 Å². The summed E-state index contributed by atoms with van der Waals surface area (Å²) < 4.78 is 18.7. The fourth-order valence-electron chi connectivity index (χ4n) is 2.42. The molecule has 0 saturated heterocycles. The number of halogens is 1. The number of nitrogens with zero attached hydrogens (tertiary/aromatic N) is 2. The first-order valence-electron chi connectivity index (χ1n) is 7.66. The second-order valence-electron chi connectivity index (χ2n) is 5.48. The third-order valence-corrected chi connectivity index (χ3v) is 3.71. The Balaban J connectivity index is 1.71. The van der Waals surface area contributed by atoms with Gasteiger partial charge in [0.15, 0.2) is 6.61 Å². The summed E-state index contributed by atoms with van der Waals surface area (Å²) in [5.74, 6) is -1.06. The van der Waals surface area contributed by atoms with Crippen molar-refractivity contribution in [2.24, 2.45) is 5.10 Å². The van der Waals surface area contributed by atoms with Crippen molar-refractivity contribution < 1.29 is 18.7 Å². The van der Waals surface area contributed by atoms with E-state index in [1.54, 1.807) is 6.92 Å². The summed E-state index contributed by atoms with van der Waals surface area (Å²) in [6.07, 6.45) is 0. The van der Waals surface area contributed by atoms with Gasteiger partial charge in [0, 0.05) is 6.07 Å². The van der Waals surface area contributed by atoms with E-state index >= 15 is 0 Å². The van der Waals surface area contributed by atoms with Crippen molar-refractivity contribution in [3.05, 3.63) is 59.9 Å². The Morgan fingerprint density at radius 1 is 1.28 bits per heavy atom. The Labute approximate surface area is 143 Å². The summed E-state index contributed by atoms with van der Waals surface area (Å²) in [4.78, 5) is 25.4. The summed E-state index contributed by atoms with van der Waals surface area (Å²) in [5, 5.41) is 4.03. The number of amides is 2. The molecule has 6 nitrogen and oxygen atoms in total. The van der Waals surface area contributed by atoms with Crippen LogP contribution in [0.3, 0.4) is 0 Å². The first-order valence-corrected chi connectivity index (χ1v) is 7.66. The molecule has 1 heterocycles. The normalized spacial score (nSPS) is 13.9. The Bertz CT molecular complexity index is 837. The minimum Gasteiger partial charge on any atom is -0.482 e. The topological polar surface area (TPSA) is 71.0 Å². The Hall–Kier alpha value is -3.22. The number of hydrogen-bond acceptors (Lipinski definition) is 4. The third-order valence-electron chi connectivity index (χ3n) is 3.71. The van der Waals surface area contributed by atoms with E-state index < -0.39 is 17.6 Å². The van der Waals surface area contributed by atoms with Gasteiger partial charge in [-0.3, -0.25) is 14.5 Å². The van der Waals surface area contributed by atoms with Crippen molar-refractivity contribution in [2.45, 2.75) is 6.92 Å². The quantitative estimate of drug-likeness (QED) is 0.684. The number of anilines is 1. The SMILES string of the molecule is C/C(=N\NC(=O)CN1C(=O)COc2ccc(F)cc21)c1ccccc1. The van der Waals surface area contributed by atoms with Crippen LogP contribution in [0, 0.1) is 5.82 Å². The second kappa shape index (κ2) is 7.12. The highest BCUT2D eigenvalue weighted by atomic mass is 19.1. The highest BCUT2D eigenvalue weighted by Gasteiger charge is 2.27. The minimum atomic E-state index is -0.514. The van der Waals surface area contributed by atoms with Crippen LogP contribution in [0.25, 0.3) is 0 Å². The molecular formula is C18H16FN3O3. The van der Waals surface area contributed by atoms with Gasteiger partial charge in [0.2, 0.25) is 0 Å². The molecule has 1 N–H and O–H groups in total. The number of hydrogen-bond donors (Lipinski definition) is 1. The van der Waals surface area contributed by atoms with Crippen LogP contribution in [-0.4, -0.2) is 30.7 Å². The van der Waals surface area contributed by atoms with E-state index in [1.807, 2.05) is 30.3 Å². The lowest BCUT2D eigenvalue weighted by atomic mass is 10.1. The van der Waals surface area contributed by atoms with E-state index in [9.17, 15) is 14.0 Å². The summed E-state index contributed by atoms with van der Waals surface area (Å²) >= 11 is 0. The molecule has 2 amide bonds. The maximum atomic E-state index is 13.5. The molecule has 2 aromatic rings. The van der Waals surface area contributed by atoms with Gasteiger partial charge in [-0.2, -0.15) is 5.10 Å². The van der Waals surface area contributed by atoms with Gasteiger partial charge in [-0.05, 0) is 24.6 Å². The number of nitrogens with one attached hydrogen (secondary N) is 1. The van der Waals surface area contributed by atoms with Crippen molar-refractivity contribution in [1.29, 1.82) is 0 Å². The molecule has 128 valence electrons. The molecule has 0 aromatic heterocycles. The molecule has 0 aliphatic carbocycles. The summed E-state index contributed by atoms with van der Waals surface area (Å²) in [6, 6.07) is 13.2. The Morgan fingerprint density at radius 3 is 2.80 bits per heavy atom. The average Bonchev–Trinajstić information content (AvgIpc) is 2.63. The van der Waals surface area contributed by atoms with Crippen LogP contribution in [-0.2, 0) is 9.59 Å². The summed E-state index contributed by atoms with van der Waals surface area (Å²) in [7, 11) is 0. The van der Waals surface area contributed by atoms with Gasteiger partial charge in [0.1, 0.15) is 18.1 Å². The molecule has 0 bridgehead atoms. The van der Waals surface area contributed by atoms with E-state index in [4.69, 9.17) is 4.74 Å². The van der Waals surface area contributed by atoms with Crippen LogP contribution in [0.5, 0.6) is 5.75 Å².